The molecule has 0 aliphatic rings. The highest BCUT2D eigenvalue weighted by molar-refractivity contribution is 9.10. The molecule has 0 fully saturated rings. The lowest BCUT2D eigenvalue weighted by atomic mass is 9.96. The normalized spacial score (nSPS) is 13.8. The summed E-state index contributed by atoms with van der Waals surface area (Å²) in [5.74, 6) is -0.298. The van der Waals surface area contributed by atoms with Gasteiger partial charge in [-0.1, -0.05) is 22.0 Å². The Morgan fingerprint density at radius 2 is 2.12 bits per heavy atom. The van der Waals surface area contributed by atoms with Crippen LogP contribution in [0.2, 0.25) is 0 Å². The molecule has 0 amide bonds. The van der Waals surface area contributed by atoms with Gasteiger partial charge in [0.2, 0.25) is 0 Å². The van der Waals surface area contributed by atoms with Gasteiger partial charge in [-0.15, -0.1) is 0 Å². The lowest BCUT2D eigenvalue weighted by Gasteiger charge is -2.25. The fraction of sp³-hybridized carbons (Fsp3) is 0.538. The summed E-state index contributed by atoms with van der Waals surface area (Å²) in [7, 11) is 1.60. The molecule has 4 heteroatoms. The number of rotatable bonds is 5. The predicted molar refractivity (Wildman–Crippen MR) is 69.5 cm³/mol. The minimum atomic E-state index is -0.611. The molecular weight excluding hydrogens is 287 g/mol. The Hall–Kier alpha value is -0.450. The van der Waals surface area contributed by atoms with E-state index in [0.717, 1.165) is 0 Å². The first-order valence-corrected chi connectivity index (χ1v) is 6.30. The van der Waals surface area contributed by atoms with Gasteiger partial charge in [-0.25, -0.2) is 4.39 Å². The standard InChI is InChI=1S/C13H18BrFO2/c1-13(2,17-3)8-11(16)6-9-4-5-10(14)7-12(9)15/h4-5,7,11,16H,6,8H2,1-3H3. The molecule has 96 valence electrons. The van der Waals surface area contributed by atoms with Crippen molar-refractivity contribution >= 4 is 15.9 Å². The molecule has 1 aromatic carbocycles. The van der Waals surface area contributed by atoms with Crippen LogP contribution in [-0.4, -0.2) is 23.9 Å². The van der Waals surface area contributed by atoms with E-state index in [1.807, 2.05) is 13.8 Å². The molecule has 1 N–H and O–H groups in total. The van der Waals surface area contributed by atoms with E-state index in [-0.39, 0.29) is 5.82 Å². The monoisotopic (exact) mass is 304 g/mol. The van der Waals surface area contributed by atoms with Crippen LogP contribution in [0.3, 0.4) is 0 Å². The zero-order valence-corrected chi connectivity index (χ0v) is 11.9. The predicted octanol–water partition coefficient (Wildman–Crippen LogP) is 3.31. The molecule has 0 saturated carbocycles. The summed E-state index contributed by atoms with van der Waals surface area (Å²) in [5, 5.41) is 9.90. The highest BCUT2D eigenvalue weighted by atomic mass is 79.9. The van der Waals surface area contributed by atoms with Crippen molar-refractivity contribution < 1.29 is 14.2 Å². The third kappa shape index (κ3) is 4.74. The third-order valence-corrected chi connectivity index (χ3v) is 3.24. The Morgan fingerprint density at radius 1 is 1.47 bits per heavy atom. The number of hydrogen-bond donors (Lipinski definition) is 1. The van der Waals surface area contributed by atoms with Gasteiger partial charge in [0.15, 0.2) is 0 Å². The van der Waals surface area contributed by atoms with E-state index in [1.165, 1.54) is 6.07 Å². The van der Waals surface area contributed by atoms with E-state index in [9.17, 15) is 9.50 Å². The quantitative estimate of drug-likeness (QED) is 0.904. The van der Waals surface area contributed by atoms with Crippen LogP contribution in [0, 0.1) is 5.82 Å². The molecule has 0 aromatic heterocycles. The Labute approximate surface area is 110 Å². The van der Waals surface area contributed by atoms with Crippen molar-refractivity contribution in [1.29, 1.82) is 0 Å². The zero-order chi connectivity index (χ0) is 13.1. The summed E-state index contributed by atoms with van der Waals surface area (Å²) in [4.78, 5) is 0. The average Bonchev–Trinajstić information content (AvgIpc) is 2.21. The molecule has 0 aliphatic heterocycles. The molecule has 0 saturated heterocycles. The summed E-state index contributed by atoms with van der Waals surface area (Å²) in [6.07, 6.45) is 0.158. The van der Waals surface area contributed by atoms with Crippen LogP contribution in [0.15, 0.2) is 22.7 Å². The fourth-order valence-electron chi connectivity index (χ4n) is 1.66. The van der Waals surface area contributed by atoms with Gasteiger partial charge in [-0.05, 0) is 31.5 Å². The Kier molecular flexibility index (Phi) is 5.10. The van der Waals surface area contributed by atoms with Crippen molar-refractivity contribution in [1.82, 2.24) is 0 Å². The van der Waals surface area contributed by atoms with Crippen molar-refractivity contribution in [2.24, 2.45) is 0 Å². The second-order valence-corrected chi connectivity index (χ2v) is 5.68. The Bertz CT molecular complexity index is 380. The third-order valence-electron chi connectivity index (χ3n) is 2.75. The van der Waals surface area contributed by atoms with Gasteiger partial charge >= 0.3 is 0 Å². The number of halogens is 2. The van der Waals surface area contributed by atoms with E-state index in [1.54, 1.807) is 19.2 Å². The number of methoxy groups -OCH3 is 1. The van der Waals surface area contributed by atoms with Gasteiger partial charge in [0.05, 0.1) is 11.7 Å². The second kappa shape index (κ2) is 5.94. The summed E-state index contributed by atoms with van der Waals surface area (Å²) >= 11 is 3.20. The topological polar surface area (TPSA) is 29.5 Å². The molecule has 17 heavy (non-hydrogen) atoms. The summed E-state index contributed by atoms with van der Waals surface area (Å²) in [5.41, 5.74) is 0.123. The Balaban J connectivity index is 2.65. The van der Waals surface area contributed by atoms with Gasteiger partial charge in [0.25, 0.3) is 0 Å². The lowest BCUT2D eigenvalue weighted by molar-refractivity contribution is -0.0192. The van der Waals surface area contributed by atoms with Crippen LogP contribution in [0.5, 0.6) is 0 Å². The van der Waals surface area contributed by atoms with Gasteiger partial charge < -0.3 is 9.84 Å². The average molecular weight is 305 g/mol. The molecule has 1 rings (SSSR count). The van der Waals surface area contributed by atoms with Crippen molar-refractivity contribution in [3.8, 4) is 0 Å². The number of aliphatic hydroxyl groups is 1. The van der Waals surface area contributed by atoms with Crippen molar-refractivity contribution in [2.75, 3.05) is 7.11 Å². The molecule has 0 radical (unpaired) electrons. The molecule has 1 aromatic rings. The first-order valence-electron chi connectivity index (χ1n) is 5.51. The smallest absolute Gasteiger partial charge is 0.127 e. The van der Waals surface area contributed by atoms with E-state index < -0.39 is 11.7 Å². The van der Waals surface area contributed by atoms with E-state index >= 15 is 0 Å². The fourth-order valence-corrected chi connectivity index (χ4v) is 2.00. The van der Waals surface area contributed by atoms with Crippen LogP contribution in [0.4, 0.5) is 4.39 Å². The molecule has 0 bridgehead atoms. The lowest BCUT2D eigenvalue weighted by Crippen LogP contribution is -2.29. The van der Waals surface area contributed by atoms with E-state index in [2.05, 4.69) is 15.9 Å². The van der Waals surface area contributed by atoms with Crippen LogP contribution in [-0.2, 0) is 11.2 Å². The van der Waals surface area contributed by atoms with Gasteiger partial charge in [0.1, 0.15) is 5.82 Å². The highest BCUT2D eigenvalue weighted by Crippen LogP contribution is 2.21. The van der Waals surface area contributed by atoms with Crippen molar-refractivity contribution in [2.45, 2.75) is 38.4 Å². The maximum Gasteiger partial charge on any atom is 0.127 e. The van der Waals surface area contributed by atoms with Crippen LogP contribution < -0.4 is 0 Å². The number of aliphatic hydroxyl groups excluding tert-OH is 1. The highest BCUT2D eigenvalue weighted by Gasteiger charge is 2.22. The second-order valence-electron chi connectivity index (χ2n) is 4.76. The molecular formula is C13H18BrFO2. The number of hydrogen-bond acceptors (Lipinski definition) is 2. The summed E-state index contributed by atoms with van der Waals surface area (Å²) < 4.78 is 19.5. The number of ether oxygens (including phenoxy) is 1. The summed E-state index contributed by atoms with van der Waals surface area (Å²) in [6, 6.07) is 4.86. The SMILES string of the molecule is COC(C)(C)CC(O)Cc1ccc(Br)cc1F. The van der Waals surface area contributed by atoms with Crippen LogP contribution in [0.25, 0.3) is 0 Å². The molecule has 1 unspecified atom stereocenters. The first-order chi connectivity index (χ1) is 7.84. The minimum Gasteiger partial charge on any atom is -0.393 e. The molecule has 2 nitrogen and oxygen atoms in total. The first kappa shape index (κ1) is 14.6. The molecule has 0 aliphatic carbocycles. The van der Waals surface area contributed by atoms with Crippen molar-refractivity contribution in [3.05, 3.63) is 34.1 Å². The minimum absolute atomic E-state index is 0.298. The van der Waals surface area contributed by atoms with Crippen LogP contribution in [0.1, 0.15) is 25.8 Å². The van der Waals surface area contributed by atoms with E-state index in [4.69, 9.17) is 4.74 Å². The largest absolute Gasteiger partial charge is 0.393 e. The number of benzene rings is 1. The van der Waals surface area contributed by atoms with Gasteiger partial charge in [0, 0.05) is 24.4 Å². The van der Waals surface area contributed by atoms with E-state index in [0.29, 0.717) is 22.9 Å². The maximum absolute atomic E-state index is 13.6. The molecule has 0 heterocycles. The molecule has 0 spiro atoms. The zero-order valence-electron chi connectivity index (χ0n) is 10.3. The van der Waals surface area contributed by atoms with Gasteiger partial charge in [-0.2, -0.15) is 0 Å². The summed E-state index contributed by atoms with van der Waals surface area (Å²) in [6.45, 7) is 3.79. The van der Waals surface area contributed by atoms with Gasteiger partial charge in [-0.3, -0.25) is 0 Å². The maximum atomic E-state index is 13.6. The molecule has 1 atom stereocenters. The Morgan fingerprint density at radius 3 is 2.65 bits per heavy atom. The van der Waals surface area contributed by atoms with Crippen LogP contribution >= 0.6 is 15.9 Å². The van der Waals surface area contributed by atoms with Crippen molar-refractivity contribution in [3.63, 3.8) is 0 Å².